The number of hydrogen-bond donors (Lipinski definition) is 0. The van der Waals surface area contributed by atoms with Crippen LogP contribution in [0.3, 0.4) is 0 Å². The fourth-order valence-corrected chi connectivity index (χ4v) is 4.99. The van der Waals surface area contributed by atoms with Gasteiger partial charge >= 0.3 is 17.1 Å². The monoisotopic (exact) mass is 387 g/mol. The highest BCUT2D eigenvalue weighted by Gasteiger charge is 2.14. The summed E-state index contributed by atoms with van der Waals surface area (Å²) in [5.74, 6) is 0. The van der Waals surface area contributed by atoms with E-state index in [9.17, 15) is 14.4 Å². The maximum Gasteiger partial charge on any atom is 0.336 e. The molecule has 0 saturated carbocycles. The van der Waals surface area contributed by atoms with Crippen molar-refractivity contribution in [1.29, 1.82) is 0 Å². The van der Waals surface area contributed by atoms with Crippen LogP contribution < -0.4 is 17.1 Å². The first-order valence-electron chi connectivity index (χ1n) is 9.52. The third kappa shape index (κ3) is 5.85. The van der Waals surface area contributed by atoms with Gasteiger partial charge in [-0.25, -0.2) is 28.1 Å². The van der Waals surface area contributed by atoms with Crippen molar-refractivity contribution < 1.29 is 0 Å². The first-order valence-corrected chi connectivity index (χ1v) is 16.8. The van der Waals surface area contributed by atoms with Gasteiger partial charge in [0.05, 0.1) is 0 Å². The molecule has 0 atom stereocenters. The molecule has 6 nitrogen and oxygen atoms in total. The Morgan fingerprint density at radius 3 is 1.04 bits per heavy atom. The molecule has 138 valence electrons. The summed E-state index contributed by atoms with van der Waals surface area (Å²) in [4.78, 5) is 37.9. The zero-order chi connectivity index (χ0) is 17.9. The first-order chi connectivity index (χ1) is 11.6. The molecular formula is C15H33N3O3Si3. The molecule has 0 amide bonds. The highest BCUT2D eigenvalue weighted by Crippen LogP contribution is 1.94. The van der Waals surface area contributed by atoms with Gasteiger partial charge in [0, 0.05) is 48.2 Å². The van der Waals surface area contributed by atoms with E-state index in [-0.39, 0.29) is 28.6 Å². The van der Waals surface area contributed by atoms with Crippen LogP contribution in [0.25, 0.3) is 0 Å². The Morgan fingerprint density at radius 1 is 0.583 bits per heavy atom. The molecule has 0 aliphatic heterocycles. The number of rotatable bonds is 12. The van der Waals surface area contributed by atoms with Gasteiger partial charge in [0.1, 0.15) is 0 Å². The van der Waals surface area contributed by atoms with Crippen molar-refractivity contribution in [1.82, 2.24) is 13.7 Å². The van der Waals surface area contributed by atoms with Crippen LogP contribution in [0.2, 0.25) is 37.8 Å². The molecule has 1 heterocycles. The topological polar surface area (TPSA) is 66.0 Å². The average molecular weight is 388 g/mol. The second-order valence-corrected chi connectivity index (χ2v) is 11.5. The molecule has 24 heavy (non-hydrogen) atoms. The second-order valence-electron chi connectivity index (χ2n) is 6.42. The molecule has 0 radical (unpaired) electrons. The van der Waals surface area contributed by atoms with Gasteiger partial charge in [0.15, 0.2) is 0 Å². The maximum atomic E-state index is 12.6. The Morgan fingerprint density at radius 2 is 0.833 bits per heavy atom. The van der Waals surface area contributed by atoms with Gasteiger partial charge < -0.3 is 0 Å². The zero-order valence-corrected chi connectivity index (χ0v) is 19.8. The molecule has 1 aromatic heterocycles. The molecule has 0 spiro atoms. The van der Waals surface area contributed by atoms with E-state index in [0.29, 0.717) is 19.6 Å². The van der Waals surface area contributed by atoms with E-state index in [1.54, 1.807) is 0 Å². The number of hydrogen-bond acceptors (Lipinski definition) is 3. The number of aromatic nitrogens is 3. The van der Waals surface area contributed by atoms with E-state index in [4.69, 9.17) is 0 Å². The molecule has 0 aliphatic rings. The molecular weight excluding hydrogens is 354 g/mol. The van der Waals surface area contributed by atoms with Gasteiger partial charge in [-0.1, -0.05) is 37.8 Å². The lowest BCUT2D eigenvalue weighted by molar-refractivity contribution is 0.438. The molecule has 0 bridgehead atoms. The zero-order valence-electron chi connectivity index (χ0n) is 15.6. The molecule has 0 aromatic carbocycles. The van der Waals surface area contributed by atoms with Crippen LogP contribution in [-0.4, -0.2) is 42.3 Å². The van der Waals surface area contributed by atoms with Crippen molar-refractivity contribution >= 4 is 28.6 Å². The molecule has 1 aromatic rings. The van der Waals surface area contributed by atoms with Gasteiger partial charge in [0.25, 0.3) is 0 Å². The smallest absolute Gasteiger partial charge is 0.247 e. The van der Waals surface area contributed by atoms with Crippen LogP contribution in [0.15, 0.2) is 14.4 Å². The van der Waals surface area contributed by atoms with Crippen molar-refractivity contribution in [2.24, 2.45) is 0 Å². The van der Waals surface area contributed by atoms with Crippen molar-refractivity contribution in [3.63, 3.8) is 0 Å². The highest BCUT2D eigenvalue weighted by atomic mass is 28.2. The summed E-state index contributed by atoms with van der Waals surface area (Å²) in [5, 5.41) is 0. The maximum absolute atomic E-state index is 12.6. The van der Waals surface area contributed by atoms with Crippen molar-refractivity contribution in [2.75, 3.05) is 0 Å². The average Bonchev–Trinajstić information content (AvgIpc) is 2.57. The van der Waals surface area contributed by atoms with E-state index >= 15 is 0 Å². The van der Waals surface area contributed by atoms with E-state index in [1.165, 1.54) is 13.7 Å². The van der Waals surface area contributed by atoms with Crippen LogP contribution in [0.4, 0.5) is 0 Å². The van der Waals surface area contributed by atoms with Crippen molar-refractivity contribution in [3.8, 4) is 0 Å². The molecule has 0 aliphatic carbocycles. The van der Waals surface area contributed by atoms with Crippen LogP contribution >= 0.6 is 0 Å². The van der Waals surface area contributed by atoms with Gasteiger partial charge in [-0.2, -0.15) is 0 Å². The third-order valence-corrected chi connectivity index (χ3v) is 7.96. The minimum Gasteiger partial charge on any atom is -0.247 e. The summed E-state index contributed by atoms with van der Waals surface area (Å²) in [6.45, 7) is 8.03. The molecule has 0 saturated heterocycles. The molecule has 9 heteroatoms. The lowest BCUT2D eigenvalue weighted by Crippen LogP contribution is -2.54. The lowest BCUT2D eigenvalue weighted by atomic mass is 10.4. The summed E-state index contributed by atoms with van der Waals surface area (Å²) in [5.41, 5.74) is -1.20. The van der Waals surface area contributed by atoms with E-state index < -0.39 is 17.1 Å². The standard InChI is InChI=1S/C15H33N3O3Si3/c1-22-10-4-7-16-13(19)17(8-5-11-23-2)15(21)18(14(16)20)9-6-12-24-3/h4-12,22-24H2,1-3H3. The summed E-state index contributed by atoms with van der Waals surface area (Å²) in [6, 6.07) is 3.36. The Labute approximate surface area is 150 Å². The van der Waals surface area contributed by atoms with Gasteiger partial charge in [0.2, 0.25) is 0 Å². The first kappa shape index (κ1) is 21.1. The minimum absolute atomic E-state index is 0.0703. The predicted molar refractivity (Wildman–Crippen MR) is 111 cm³/mol. The van der Waals surface area contributed by atoms with E-state index in [0.717, 1.165) is 37.4 Å². The van der Waals surface area contributed by atoms with Crippen LogP contribution in [0.5, 0.6) is 0 Å². The Hall–Kier alpha value is -0.939. The Balaban J connectivity index is 3.22. The van der Waals surface area contributed by atoms with E-state index in [1.807, 2.05) is 0 Å². The predicted octanol–water partition coefficient (Wildman–Crippen LogP) is -0.752. The number of nitrogens with zero attached hydrogens (tertiary/aromatic N) is 3. The van der Waals surface area contributed by atoms with Gasteiger partial charge in [-0.3, -0.25) is 0 Å². The summed E-state index contributed by atoms with van der Waals surface area (Å²) < 4.78 is 3.91. The van der Waals surface area contributed by atoms with Crippen LogP contribution in [-0.2, 0) is 19.6 Å². The quantitative estimate of drug-likeness (QED) is 0.350. The van der Waals surface area contributed by atoms with Gasteiger partial charge in [-0.15, -0.1) is 0 Å². The largest absolute Gasteiger partial charge is 0.336 e. The molecule has 0 unspecified atom stereocenters. The summed E-state index contributed by atoms with van der Waals surface area (Å²) in [6.07, 6.45) is 2.58. The summed E-state index contributed by atoms with van der Waals surface area (Å²) in [7, 11) is -0.211. The summed E-state index contributed by atoms with van der Waals surface area (Å²) >= 11 is 0. The fraction of sp³-hybridized carbons (Fsp3) is 0.800. The second kappa shape index (κ2) is 11.6. The lowest BCUT2D eigenvalue weighted by Gasteiger charge is -2.13. The molecule has 0 fully saturated rings. The third-order valence-electron chi connectivity index (χ3n) is 4.34. The van der Waals surface area contributed by atoms with Gasteiger partial charge in [-0.05, 0) is 19.3 Å². The molecule has 1 rings (SSSR count). The minimum atomic E-state index is -0.401. The SMILES string of the molecule is C[SiH2]CCCn1c(=O)n(CCC[SiH2]C)c(=O)n(CCC[SiH2]C)c1=O. The Kier molecular flexibility index (Phi) is 10.2. The normalized spacial score (nSPS) is 12.6. The van der Waals surface area contributed by atoms with Crippen LogP contribution in [0.1, 0.15) is 19.3 Å². The highest BCUT2D eigenvalue weighted by molar-refractivity contribution is 6.33. The van der Waals surface area contributed by atoms with Crippen LogP contribution in [0, 0.1) is 0 Å². The van der Waals surface area contributed by atoms with Crippen molar-refractivity contribution in [3.05, 3.63) is 31.5 Å². The van der Waals surface area contributed by atoms with E-state index in [2.05, 4.69) is 19.6 Å². The fourth-order valence-electron chi connectivity index (χ4n) is 2.82. The van der Waals surface area contributed by atoms with Crippen molar-refractivity contribution in [2.45, 2.75) is 76.7 Å². The Bertz CT molecular complexity index is 546. The molecule has 0 N–H and O–H groups in total.